The first kappa shape index (κ1) is 37.9. The van der Waals surface area contributed by atoms with Crippen LogP contribution >= 0.6 is 11.3 Å². The Labute approximate surface area is 375 Å². The largest absolute Gasteiger partial charge is 0.457 e. The Bertz CT molecular complexity index is 3680. The molecule has 306 valence electrons. The summed E-state index contributed by atoms with van der Waals surface area (Å²) >= 11 is 1.86. The van der Waals surface area contributed by atoms with Crippen molar-refractivity contribution < 1.29 is 9.30 Å². The first-order valence-corrected chi connectivity index (χ1v) is 22.6. The van der Waals surface area contributed by atoms with Crippen LogP contribution in [-0.2, 0) is 5.41 Å². The van der Waals surface area contributed by atoms with Gasteiger partial charge in [0.05, 0.1) is 11.0 Å². The van der Waals surface area contributed by atoms with E-state index >= 15 is 0 Å². The van der Waals surface area contributed by atoms with Gasteiger partial charge < -0.3 is 4.74 Å². The summed E-state index contributed by atoms with van der Waals surface area (Å²) in [6.45, 7) is 6.75. The minimum atomic E-state index is -0.0335. The van der Waals surface area contributed by atoms with E-state index in [-0.39, 0.29) is 5.41 Å². The van der Waals surface area contributed by atoms with E-state index in [9.17, 15) is 0 Å². The van der Waals surface area contributed by atoms with E-state index in [0.29, 0.717) is 0 Å². The smallest absolute Gasteiger partial charge is 0.255 e. The molecular weight excluding hydrogens is 801 g/mol. The lowest BCUT2D eigenvalue weighted by Crippen LogP contribution is -2.30. The van der Waals surface area contributed by atoms with Crippen LogP contribution in [0.3, 0.4) is 0 Å². The van der Waals surface area contributed by atoms with Crippen LogP contribution in [0.5, 0.6) is 11.5 Å². The number of benzene rings is 8. The van der Waals surface area contributed by atoms with Gasteiger partial charge in [0.25, 0.3) is 6.33 Å². The highest BCUT2D eigenvalue weighted by Crippen LogP contribution is 2.44. The van der Waals surface area contributed by atoms with Crippen molar-refractivity contribution in [1.29, 1.82) is 0 Å². The number of ether oxygens (including phenoxy) is 1. The van der Waals surface area contributed by atoms with Gasteiger partial charge in [0, 0.05) is 60.4 Å². The topological polar surface area (TPSA) is 35.9 Å². The van der Waals surface area contributed by atoms with Crippen LogP contribution < -0.4 is 9.30 Å². The van der Waals surface area contributed by atoms with Gasteiger partial charge in [-0.1, -0.05) is 142 Å². The van der Waals surface area contributed by atoms with Gasteiger partial charge in [-0.3, -0.25) is 4.57 Å². The Morgan fingerprint density at radius 2 is 1.23 bits per heavy atom. The maximum atomic E-state index is 6.86. The van der Waals surface area contributed by atoms with Crippen LogP contribution in [0, 0.1) is 0 Å². The van der Waals surface area contributed by atoms with Crippen LogP contribution in [0.15, 0.2) is 207 Å². The molecule has 4 heterocycles. The highest BCUT2D eigenvalue weighted by molar-refractivity contribution is 7.26. The molecule has 0 radical (unpaired) electrons. The Morgan fingerprint density at radius 3 is 2.02 bits per heavy atom. The van der Waals surface area contributed by atoms with E-state index in [4.69, 9.17) is 9.72 Å². The summed E-state index contributed by atoms with van der Waals surface area (Å²) in [4.78, 5) is 4.99. The summed E-state index contributed by atoms with van der Waals surface area (Å²) < 4.78 is 16.4. The number of thiophene rings is 1. The zero-order valence-electron chi connectivity index (χ0n) is 35.7. The summed E-state index contributed by atoms with van der Waals surface area (Å²) in [5.41, 5.74) is 12.3. The molecule has 0 atom stereocenters. The SMILES string of the molecule is CC(C)(C)c1ccnc(-n2c3cc(Oc4cccc(-n5c[n+](-c6c(-c7ccccc7)cccc6-c6ccccc6)c6ccccc65)c4)ccc3c3c4sc5ccccc5c4ccc32)c1. The minimum absolute atomic E-state index is 0.0335. The molecule has 0 aliphatic carbocycles. The average Bonchev–Trinajstić information content (AvgIpc) is 4.01. The third-order valence-electron chi connectivity index (χ3n) is 12.5. The number of para-hydroxylation sites is 3. The molecule has 12 aromatic rings. The van der Waals surface area contributed by atoms with Gasteiger partial charge in [0.1, 0.15) is 28.7 Å². The van der Waals surface area contributed by atoms with Crippen LogP contribution in [0.2, 0.25) is 0 Å². The van der Waals surface area contributed by atoms with Gasteiger partial charge in [-0.05, 0) is 82.8 Å². The van der Waals surface area contributed by atoms with Crippen molar-refractivity contribution in [1.82, 2.24) is 14.1 Å². The normalized spacial score (nSPS) is 12.0. The van der Waals surface area contributed by atoms with Crippen LogP contribution in [0.4, 0.5) is 0 Å². The van der Waals surface area contributed by atoms with E-state index in [0.717, 1.165) is 73.0 Å². The number of aromatic nitrogens is 4. The third kappa shape index (κ3) is 6.29. The summed E-state index contributed by atoms with van der Waals surface area (Å²) in [5, 5.41) is 4.97. The molecule has 0 spiro atoms. The number of fused-ring (bicyclic) bond motifs is 8. The van der Waals surface area contributed by atoms with Crippen molar-refractivity contribution in [3.8, 4) is 50.9 Å². The van der Waals surface area contributed by atoms with Crippen molar-refractivity contribution in [2.45, 2.75) is 26.2 Å². The first-order valence-electron chi connectivity index (χ1n) is 21.8. The molecule has 0 aliphatic heterocycles. The Kier molecular flexibility index (Phi) is 8.85. The maximum Gasteiger partial charge on any atom is 0.255 e. The molecule has 0 saturated heterocycles. The molecule has 0 bridgehead atoms. The van der Waals surface area contributed by atoms with E-state index in [2.05, 4.69) is 229 Å². The van der Waals surface area contributed by atoms with Crippen molar-refractivity contribution in [2.75, 3.05) is 0 Å². The van der Waals surface area contributed by atoms with Crippen LogP contribution in [-0.4, -0.2) is 14.1 Å². The predicted molar refractivity (Wildman–Crippen MR) is 266 cm³/mol. The highest BCUT2D eigenvalue weighted by Gasteiger charge is 2.26. The molecule has 0 saturated carbocycles. The second kappa shape index (κ2) is 14.9. The van der Waals surface area contributed by atoms with Crippen molar-refractivity contribution in [3.63, 3.8) is 0 Å². The van der Waals surface area contributed by atoms with Gasteiger partial charge in [-0.2, -0.15) is 9.13 Å². The molecule has 64 heavy (non-hydrogen) atoms. The molecule has 5 nitrogen and oxygen atoms in total. The maximum absolute atomic E-state index is 6.86. The second-order valence-corrected chi connectivity index (χ2v) is 18.5. The van der Waals surface area contributed by atoms with Gasteiger partial charge in [0.2, 0.25) is 0 Å². The average molecular weight is 844 g/mol. The number of pyridine rings is 1. The standard InChI is InChI=1S/C58H43N4OS/c1-58(2,3)40-32-33-59-54(34-40)62-51-31-30-47-46-22-10-13-27-53(46)64-57(47)55(51)48-29-28-43(36-52(48)62)63-42-21-14-20-41(35-42)60-37-61(50-26-12-11-25-49(50)60)56-44(38-16-6-4-7-17-38)23-15-24-45(56)39-18-8-5-9-19-39/h4-37H,1-3H3/q+1. The van der Waals surface area contributed by atoms with Gasteiger partial charge in [0.15, 0.2) is 11.0 Å². The molecule has 0 amide bonds. The zero-order chi connectivity index (χ0) is 42.9. The number of rotatable bonds is 7. The van der Waals surface area contributed by atoms with E-state index in [1.807, 2.05) is 23.6 Å². The van der Waals surface area contributed by atoms with Crippen molar-refractivity contribution in [3.05, 3.63) is 212 Å². The predicted octanol–water partition coefficient (Wildman–Crippen LogP) is 15.2. The van der Waals surface area contributed by atoms with Gasteiger partial charge >= 0.3 is 0 Å². The fraction of sp³-hybridized carbons (Fsp3) is 0.0690. The lowest BCUT2D eigenvalue weighted by Gasteiger charge is -2.20. The molecular formula is C58H43N4OS+. The lowest BCUT2D eigenvalue weighted by molar-refractivity contribution is -0.566. The van der Waals surface area contributed by atoms with Gasteiger partial charge in [-0.25, -0.2) is 4.98 Å². The summed E-state index contributed by atoms with van der Waals surface area (Å²) in [7, 11) is 0. The molecule has 0 unspecified atom stereocenters. The lowest BCUT2D eigenvalue weighted by atomic mass is 9.88. The molecule has 12 rings (SSSR count). The minimum Gasteiger partial charge on any atom is -0.457 e. The van der Waals surface area contributed by atoms with E-state index in [1.165, 1.54) is 36.5 Å². The van der Waals surface area contributed by atoms with Crippen molar-refractivity contribution in [2.24, 2.45) is 0 Å². The number of hydrogen-bond donors (Lipinski definition) is 0. The summed E-state index contributed by atoms with van der Waals surface area (Å²) in [5.74, 6) is 2.40. The van der Waals surface area contributed by atoms with E-state index < -0.39 is 0 Å². The molecule has 6 heteroatoms. The van der Waals surface area contributed by atoms with Crippen LogP contribution in [0.25, 0.3) is 92.5 Å². The van der Waals surface area contributed by atoms with E-state index in [1.54, 1.807) is 0 Å². The number of nitrogens with zero attached hydrogens (tertiary/aromatic N) is 4. The van der Waals surface area contributed by atoms with Gasteiger partial charge in [-0.15, -0.1) is 11.3 Å². The molecule has 0 fully saturated rings. The highest BCUT2D eigenvalue weighted by atomic mass is 32.1. The molecule has 0 N–H and O–H groups in total. The molecule has 8 aromatic carbocycles. The first-order chi connectivity index (χ1) is 31.4. The Hall–Kier alpha value is -7.80. The Balaban J connectivity index is 0.997. The zero-order valence-corrected chi connectivity index (χ0v) is 36.6. The number of imidazole rings is 1. The second-order valence-electron chi connectivity index (χ2n) is 17.5. The summed E-state index contributed by atoms with van der Waals surface area (Å²) in [6.07, 6.45) is 4.16. The van der Waals surface area contributed by atoms with Crippen LogP contribution in [0.1, 0.15) is 26.3 Å². The van der Waals surface area contributed by atoms with Crippen molar-refractivity contribution >= 4 is 64.3 Å². The third-order valence-corrected chi connectivity index (χ3v) is 13.7. The molecule has 4 aromatic heterocycles. The number of hydrogen-bond acceptors (Lipinski definition) is 3. The monoisotopic (exact) mass is 843 g/mol. The Morgan fingerprint density at radius 1 is 0.547 bits per heavy atom. The fourth-order valence-corrected chi connectivity index (χ4v) is 10.7. The fourth-order valence-electron chi connectivity index (χ4n) is 9.41. The quantitative estimate of drug-likeness (QED) is 0.150. The summed E-state index contributed by atoms with van der Waals surface area (Å²) in [6, 6.07) is 69.1. The molecule has 0 aliphatic rings.